The molecule has 27 heavy (non-hydrogen) atoms. The van der Waals surface area contributed by atoms with Crippen molar-refractivity contribution in [3.63, 3.8) is 0 Å². The zero-order chi connectivity index (χ0) is 19.6. The van der Waals surface area contributed by atoms with Crippen LogP contribution in [0.5, 0.6) is 17.2 Å². The largest absolute Gasteiger partial charge is 0.493 e. The molecule has 0 aliphatic rings. The van der Waals surface area contributed by atoms with Gasteiger partial charge in [0.05, 0.1) is 26.1 Å². The summed E-state index contributed by atoms with van der Waals surface area (Å²) >= 11 is 0. The maximum Gasteiger partial charge on any atom is 0.387 e. The molecule has 2 aromatic rings. The van der Waals surface area contributed by atoms with Gasteiger partial charge in [-0.3, -0.25) is 4.79 Å². The number of rotatable bonds is 9. The molecule has 0 heterocycles. The molecule has 0 bridgehead atoms. The molecule has 144 valence electrons. The lowest BCUT2D eigenvalue weighted by Crippen LogP contribution is -2.18. The second-order valence-corrected chi connectivity index (χ2v) is 5.01. The Morgan fingerprint density at radius 3 is 2.56 bits per heavy atom. The highest BCUT2D eigenvalue weighted by Crippen LogP contribution is 2.29. The van der Waals surface area contributed by atoms with Gasteiger partial charge in [0.25, 0.3) is 5.91 Å². The Morgan fingerprint density at radius 1 is 1.11 bits per heavy atom. The van der Waals surface area contributed by atoms with E-state index in [4.69, 9.17) is 14.3 Å². The second kappa shape index (κ2) is 9.95. The van der Waals surface area contributed by atoms with Gasteiger partial charge in [0, 0.05) is 5.56 Å². The molecule has 0 unspecified atom stereocenters. The number of nitrogens with one attached hydrogen (secondary N) is 1. The van der Waals surface area contributed by atoms with Crippen LogP contribution >= 0.6 is 0 Å². The number of halogens is 2. The fraction of sp³-hybridized carbons (Fsp3) is 0.222. The Balaban J connectivity index is 1.93. The molecule has 1 N–H and O–H groups in total. The summed E-state index contributed by atoms with van der Waals surface area (Å²) in [6.07, 6.45) is 1.36. The van der Waals surface area contributed by atoms with Crippen LogP contribution in [0.4, 0.5) is 14.5 Å². The molecular formula is C18H18F2N2O5. The van der Waals surface area contributed by atoms with Crippen molar-refractivity contribution in [3.8, 4) is 17.2 Å². The van der Waals surface area contributed by atoms with Crippen LogP contribution in [0.25, 0.3) is 0 Å². The molecule has 2 aromatic carbocycles. The summed E-state index contributed by atoms with van der Waals surface area (Å²) in [5.74, 6) is 0.255. The van der Waals surface area contributed by atoms with Gasteiger partial charge >= 0.3 is 6.61 Å². The summed E-state index contributed by atoms with van der Waals surface area (Å²) in [5.41, 5.74) is 0.692. The summed E-state index contributed by atoms with van der Waals surface area (Å²) in [5, 5.41) is 6.12. The first-order valence-electron chi connectivity index (χ1n) is 7.75. The predicted octanol–water partition coefficient (Wildman–Crippen LogP) is 3.29. The van der Waals surface area contributed by atoms with E-state index >= 15 is 0 Å². The van der Waals surface area contributed by atoms with Crippen LogP contribution in [0.3, 0.4) is 0 Å². The fourth-order valence-corrected chi connectivity index (χ4v) is 2.16. The van der Waals surface area contributed by atoms with Crippen LogP contribution in [-0.2, 0) is 9.63 Å². The third-order valence-electron chi connectivity index (χ3n) is 3.27. The van der Waals surface area contributed by atoms with Crippen molar-refractivity contribution in [3.05, 3.63) is 48.0 Å². The van der Waals surface area contributed by atoms with Gasteiger partial charge in [0.1, 0.15) is 5.75 Å². The SMILES string of the molecule is COc1cccc(/C=N\OCC(=O)Nc2ccccc2OC(F)F)c1OC. The van der Waals surface area contributed by atoms with Gasteiger partial charge in [-0.2, -0.15) is 8.78 Å². The Hall–Kier alpha value is -3.36. The molecule has 0 fully saturated rings. The van der Waals surface area contributed by atoms with E-state index < -0.39 is 19.1 Å². The molecule has 0 aromatic heterocycles. The average Bonchev–Trinajstić information content (AvgIpc) is 2.66. The average molecular weight is 380 g/mol. The van der Waals surface area contributed by atoms with Gasteiger partial charge in [0.15, 0.2) is 18.1 Å². The van der Waals surface area contributed by atoms with Crippen molar-refractivity contribution in [2.24, 2.45) is 5.16 Å². The highest BCUT2D eigenvalue weighted by atomic mass is 19.3. The molecule has 0 aliphatic carbocycles. The van der Waals surface area contributed by atoms with E-state index in [1.807, 2.05) is 0 Å². The summed E-state index contributed by atoms with van der Waals surface area (Å²) in [4.78, 5) is 16.8. The monoisotopic (exact) mass is 380 g/mol. The van der Waals surface area contributed by atoms with Crippen LogP contribution in [-0.4, -0.2) is 39.6 Å². The Bertz CT molecular complexity index is 799. The number of benzene rings is 2. The number of hydrogen-bond donors (Lipinski definition) is 1. The summed E-state index contributed by atoms with van der Waals surface area (Å²) in [6, 6.07) is 11.0. The van der Waals surface area contributed by atoms with E-state index in [1.165, 1.54) is 38.6 Å². The number of oxime groups is 1. The minimum absolute atomic E-state index is 0.102. The van der Waals surface area contributed by atoms with Crippen molar-refractivity contribution >= 4 is 17.8 Å². The van der Waals surface area contributed by atoms with E-state index in [0.29, 0.717) is 17.1 Å². The Morgan fingerprint density at radius 2 is 1.85 bits per heavy atom. The maximum absolute atomic E-state index is 12.4. The van der Waals surface area contributed by atoms with Crippen LogP contribution in [0, 0.1) is 0 Å². The first kappa shape index (κ1) is 20.0. The number of anilines is 1. The summed E-state index contributed by atoms with van der Waals surface area (Å²) in [7, 11) is 3.00. The third kappa shape index (κ3) is 5.84. The number of nitrogens with zero attached hydrogens (tertiary/aromatic N) is 1. The molecule has 2 rings (SSSR count). The van der Waals surface area contributed by atoms with E-state index in [2.05, 4.69) is 15.2 Å². The summed E-state index contributed by atoms with van der Waals surface area (Å²) in [6.45, 7) is -3.42. The molecular weight excluding hydrogens is 362 g/mol. The number of para-hydroxylation sites is 3. The standard InChI is InChI=1S/C18H18F2N2O5/c1-24-15-9-5-6-12(17(15)25-2)10-21-26-11-16(23)22-13-7-3-4-8-14(13)27-18(19)20/h3-10,18H,11H2,1-2H3,(H,22,23)/b21-10-. The lowest BCUT2D eigenvalue weighted by molar-refractivity contribution is -0.120. The van der Waals surface area contributed by atoms with Gasteiger partial charge in [-0.1, -0.05) is 23.4 Å². The lowest BCUT2D eigenvalue weighted by atomic mass is 10.2. The minimum Gasteiger partial charge on any atom is -0.493 e. The highest BCUT2D eigenvalue weighted by molar-refractivity contribution is 5.93. The topological polar surface area (TPSA) is 78.4 Å². The lowest BCUT2D eigenvalue weighted by Gasteiger charge is -2.11. The van der Waals surface area contributed by atoms with Gasteiger partial charge in [-0.05, 0) is 24.3 Å². The molecule has 0 spiro atoms. The zero-order valence-electron chi connectivity index (χ0n) is 14.6. The van der Waals surface area contributed by atoms with Gasteiger partial charge in [-0.25, -0.2) is 0 Å². The molecule has 0 saturated heterocycles. The van der Waals surface area contributed by atoms with Crippen LogP contribution in [0.2, 0.25) is 0 Å². The van der Waals surface area contributed by atoms with E-state index in [0.717, 1.165) is 0 Å². The fourth-order valence-electron chi connectivity index (χ4n) is 2.16. The molecule has 7 nitrogen and oxygen atoms in total. The van der Waals surface area contributed by atoms with Crippen molar-refractivity contribution in [1.29, 1.82) is 0 Å². The molecule has 0 aliphatic heterocycles. The zero-order valence-corrected chi connectivity index (χ0v) is 14.6. The third-order valence-corrected chi connectivity index (χ3v) is 3.27. The quantitative estimate of drug-likeness (QED) is 0.534. The van der Waals surface area contributed by atoms with Crippen molar-refractivity contribution in [2.45, 2.75) is 6.61 Å². The molecule has 0 saturated carbocycles. The number of ether oxygens (including phenoxy) is 3. The number of alkyl halides is 2. The molecule has 9 heteroatoms. The van der Waals surface area contributed by atoms with Gasteiger partial charge < -0.3 is 24.4 Å². The van der Waals surface area contributed by atoms with E-state index in [-0.39, 0.29) is 11.4 Å². The van der Waals surface area contributed by atoms with Crippen molar-refractivity contribution < 1.29 is 32.6 Å². The van der Waals surface area contributed by atoms with E-state index in [1.54, 1.807) is 24.3 Å². The molecule has 0 atom stereocenters. The van der Waals surface area contributed by atoms with Gasteiger partial charge in [-0.15, -0.1) is 0 Å². The summed E-state index contributed by atoms with van der Waals surface area (Å²) < 4.78 is 39.5. The minimum atomic E-state index is -3.00. The number of methoxy groups -OCH3 is 2. The highest BCUT2D eigenvalue weighted by Gasteiger charge is 2.12. The van der Waals surface area contributed by atoms with Crippen LogP contribution in [0.15, 0.2) is 47.6 Å². The predicted molar refractivity (Wildman–Crippen MR) is 94.8 cm³/mol. The van der Waals surface area contributed by atoms with E-state index in [9.17, 15) is 13.6 Å². The number of amides is 1. The number of hydrogen-bond acceptors (Lipinski definition) is 6. The first-order valence-corrected chi connectivity index (χ1v) is 7.75. The second-order valence-electron chi connectivity index (χ2n) is 5.01. The Labute approximate surface area is 154 Å². The van der Waals surface area contributed by atoms with Gasteiger partial charge in [0.2, 0.25) is 0 Å². The molecule has 1 amide bonds. The van der Waals surface area contributed by atoms with Crippen molar-refractivity contribution in [1.82, 2.24) is 0 Å². The normalized spacial score (nSPS) is 10.7. The van der Waals surface area contributed by atoms with Crippen molar-refractivity contribution in [2.75, 3.05) is 26.1 Å². The van der Waals surface area contributed by atoms with Crippen LogP contribution < -0.4 is 19.5 Å². The smallest absolute Gasteiger partial charge is 0.387 e. The maximum atomic E-state index is 12.4. The number of carbonyl (C=O) groups excluding carboxylic acids is 1. The number of carbonyl (C=O) groups is 1. The Kier molecular flexibility index (Phi) is 7.36. The first-order chi connectivity index (χ1) is 13.0. The molecule has 0 radical (unpaired) electrons. The van der Waals surface area contributed by atoms with Crippen LogP contribution in [0.1, 0.15) is 5.56 Å².